The van der Waals surface area contributed by atoms with Gasteiger partial charge in [0, 0.05) is 31.3 Å². The van der Waals surface area contributed by atoms with Gasteiger partial charge in [-0.1, -0.05) is 56.9 Å². The summed E-state index contributed by atoms with van der Waals surface area (Å²) in [7, 11) is 4.22. The molecule has 1 rings (SSSR count). The molecule has 1 aromatic rings. The first-order chi connectivity index (χ1) is 10.3. The summed E-state index contributed by atoms with van der Waals surface area (Å²) in [4.78, 5) is 2.21. The van der Waals surface area contributed by atoms with Crippen LogP contribution in [0.2, 0.25) is 0 Å². The highest BCUT2D eigenvalue weighted by atomic mass is 15.1. The molecule has 120 valence electrons. The summed E-state index contributed by atoms with van der Waals surface area (Å²) in [6, 6.07) is 6.55. The minimum absolute atomic E-state index is 0.305. The van der Waals surface area contributed by atoms with Gasteiger partial charge in [-0.05, 0) is 36.8 Å². The summed E-state index contributed by atoms with van der Waals surface area (Å²) in [5.74, 6) is 0.792. The summed E-state index contributed by atoms with van der Waals surface area (Å²) in [5, 5.41) is 0. The Hall–Kier alpha value is -1.76. The topological polar surface area (TPSA) is 3.24 Å². The number of hydrogen-bond acceptors (Lipinski definition) is 1. The third kappa shape index (κ3) is 4.13. The van der Waals surface area contributed by atoms with E-state index in [0.717, 1.165) is 12.8 Å². The minimum Gasteiger partial charge on any atom is -0.377 e. The van der Waals surface area contributed by atoms with Gasteiger partial charge in [0.25, 0.3) is 0 Å². The van der Waals surface area contributed by atoms with Crippen LogP contribution in [0.5, 0.6) is 0 Å². The monoisotopic (exact) mass is 297 g/mol. The van der Waals surface area contributed by atoms with Crippen molar-refractivity contribution < 1.29 is 0 Å². The lowest BCUT2D eigenvalue weighted by molar-refractivity contribution is 0.703. The van der Waals surface area contributed by atoms with E-state index in [2.05, 4.69) is 77.7 Å². The second-order valence-corrected chi connectivity index (χ2v) is 6.58. The quantitative estimate of drug-likeness (QED) is 0.528. The second-order valence-electron chi connectivity index (χ2n) is 6.58. The molecule has 0 bridgehead atoms. The molecule has 0 amide bonds. The highest BCUT2D eigenvalue weighted by Crippen LogP contribution is 2.39. The summed E-state index contributed by atoms with van der Waals surface area (Å²) < 4.78 is 0. The van der Waals surface area contributed by atoms with E-state index in [0.29, 0.717) is 11.8 Å². The zero-order valence-electron chi connectivity index (χ0n) is 14.9. The molecule has 0 aliphatic rings. The Balaban J connectivity index is 3.34. The van der Waals surface area contributed by atoms with Gasteiger partial charge in [-0.3, -0.25) is 0 Å². The molecule has 0 aromatic heterocycles. The Morgan fingerprint density at radius 3 is 2.32 bits per heavy atom. The lowest BCUT2D eigenvalue weighted by Crippen LogP contribution is -2.16. The maximum absolute atomic E-state index is 4.42. The van der Waals surface area contributed by atoms with Crippen LogP contribution in [0, 0.1) is 5.92 Å². The molecule has 0 fully saturated rings. The van der Waals surface area contributed by atoms with E-state index in [1.807, 2.05) is 6.08 Å². The fourth-order valence-corrected chi connectivity index (χ4v) is 2.98. The van der Waals surface area contributed by atoms with Gasteiger partial charge in [0.2, 0.25) is 0 Å². The normalized spacial score (nSPS) is 12.1. The van der Waals surface area contributed by atoms with Gasteiger partial charge in [-0.2, -0.15) is 0 Å². The molecule has 0 saturated carbocycles. The molecule has 1 unspecified atom stereocenters. The molecular formula is C21H31N. The Morgan fingerprint density at radius 2 is 1.86 bits per heavy atom. The first kappa shape index (κ1) is 18.3. The van der Waals surface area contributed by atoms with Gasteiger partial charge in [0.15, 0.2) is 0 Å². The minimum atomic E-state index is 0.305. The first-order valence-electron chi connectivity index (χ1n) is 8.06. The Labute approximate surface area is 137 Å². The van der Waals surface area contributed by atoms with Crippen LogP contribution < -0.4 is 4.90 Å². The van der Waals surface area contributed by atoms with Gasteiger partial charge in [-0.25, -0.2) is 0 Å². The highest BCUT2D eigenvalue weighted by molar-refractivity contribution is 5.80. The van der Waals surface area contributed by atoms with Crippen molar-refractivity contribution in [2.75, 3.05) is 19.0 Å². The largest absolute Gasteiger partial charge is 0.377 e. The number of nitrogens with zero attached hydrogens (tertiary/aromatic N) is 1. The molecule has 0 saturated heterocycles. The summed E-state index contributed by atoms with van der Waals surface area (Å²) in [6.07, 6.45) is 3.98. The van der Waals surface area contributed by atoms with Gasteiger partial charge in [-0.15, -0.1) is 6.58 Å². The molecule has 0 radical (unpaired) electrons. The van der Waals surface area contributed by atoms with E-state index in [1.165, 1.54) is 28.0 Å². The first-order valence-corrected chi connectivity index (χ1v) is 8.06. The van der Waals surface area contributed by atoms with Crippen molar-refractivity contribution in [2.45, 2.75) is 39.5 Å². The van der Waals surface area contributed by atoms with E-state index in [1.54, 1.807) is 0 Å². The smallest absolute Gasteiger partial charge is 0.0472 e. The van der Waals surface area contributed by atoms with Crippen molar-refractivity contribution in [3.63, 3.8) is 0 Å². The van der Waals surface area contributed by atoms with E-state index in [9.17, 15) is 0 Å². The van der Waals surface area contributed by atoms with Crippen molar-refractivity contribution in [2.24, 2.45) is 5.92 Å². The van der Waals surface area contributed by atoms with Crippen LogP contribution in [0.15, 0.2) is 49.6 Å². The molecule has 0 aliphatic carbocycles. The van der Waals surface area contributed by atoms with Crippen molar-refractivity contribution in [3.8, 4) is 0 Å². The summed E-state index contributed by atoms with van der Waals surface area (Å²) in [5.41, 5.74) is 6.24. The SMILES string of the molecule is C=CCCC(C(=C)C)C(=C)c1cccc(C(C)C)c1N(C)C. The van der Waals surface area contributed by atoms with Crippen molar-refractivity contribution in [3.05, 3.63) is 60.7 Å². The van der Waals surface area contributed by atoms with Crippen molar-refractivity contribution >= 4 is 11.3 Å². The van der Waals surface area contributed by atoms with E-state index >= 15 is 0 Å². The Morgan fingerprint density at radius 1 is 1.23 bits per heavy atom. The molecule has 1 aromatic carbocycles. The maximum atomic E-state index is 4.42. The predicted molar refractivity (Wildman–Crippen MR) is 102 cm³/mol. The van der Waals surface area contributed by atoms with Crippen LogP contribution in [0.1, 0.15) is 50.7 Å². The molecular weight excluding hydrogens is 266 g/mol. The van der Waals surface area contributed by atoms with E-state index in [4.69, 9.17) is 0 Å². The van der Waals surface area contributed by atoms with Crippen molar-refractivity contribution in [1.82, 2.24) is 0 Å². The Bertz CT molecular complexity index is 549. The lowest BCUT2D eigenvalue weighted by atomic mass is 9.83. The van der Waals surface area contributed by atoms with Gasteiger partial charge in [0.05, 0.1) is 0 Å². The third-order valence-electron chi connectivity index (χ3n) is 4.16. The molecule has 0 aliphatic heterocycles. The predicted octanol–water partition coefficient (Wildman–Crippen LogP) is 6.05. The number of benzene rings is 1. The standard InChI is InChI=1S/C21H31N/c1-9-10-12-18(15(2)3)17(6)20-14-11-13-19(16(4)5)21(20)22(7)8/h9,11,13-14,16,18H,1-2,6,10,12H2,3-5,7-8H3. The number of hydrogen-bond donors (Lipinski definition) is 0. The number of para-hydroxylation sites is 1. The zero-order chi connectivity index (χ0) is 16.9. The Kier molecular flexibility index (Phi) is 6.67. The molecule has 0 N–H and O–H groups in total. The van der Waals surface area contributed by atoms with Gasteiger partial charge >= 0.3 is 0 Å². The summed E-state index contributed by atoms with van der Waals surface area (Å²) in [6.45, 7) is 19.0. The van der Waals surface area contributed by atoms with Crippen LogP contribution in [-0.4, -0.2) is 14.1 Å². The van der Waals surface area contributed by atoms with Crippen LogP contribution >= 0.6 is 0 Å². The zero-order valence-corrected chi connectivity index (χ0v) is 14.9. The molecule has 1 nitrogen and oxygen atoms in total. The molecule has 22 heavy (non-hydrogen) atoms. The van der Waals surface area contributed by atoms with E-state index < -0.39 is 0 Å². The average molecular weight is 297 g/mol. The number of rotatable bonds is 8. The van der Waals surface area contributed by atoms with E-state index in [-0.39, 0.29) is 0 Å². The fraction of sp³-hybridized carbons (Fsp3) is 0.429. The van der Waals surface area contributed by atoms with Crippen molar-refractivity contribution in [1.29, 1.82) is 0 Å². The number of allylic oxidation sites excluding steroid dienone is 3. The maximum Gasteiger partial charge on any atom is 0.0472 e. The second kappa shape index (κ2) is 8.03. The molecule has 0 heterocycles. The molecule has 1 heteroatoms. The molecule has 0 spiro atoms. The number of anilines is 1. The summed E-state index contributed by atoms with van der Waals surface area (Å²) >= 11 is 0. The van der Waals surface area contributed by atoms with Crippen LogP contribution in [-0.2, 0) is 0 Å². The van der Waals surface area contributed by atoms with Crippen LogP contribution in [0.4, 0.5) is 5.69 Å². The van der Waals surface area contributed by atoms with Gasteiger partial charge < -0.3 is 4.90 Å². The lowest BCUT2D eigenvalue weighted by Gasteiger charge is -2.27. The van der Waals surface area contributed by atoms with Gasteiger partial charge in [0.1, 0.15) is 0 Å². The van der Waals surface area contributed by atoms with Crippen LogP contribution in [0.3, 0.4) is 0 Å². The highest BCUT2D eigenvalue weighted by Gasteiger charge is 2.20. The third-order valence-corrected chi connectivity index (χ3v) is 4.16. The fourth-order valence-electron chi connectivity index (χ4n) is 2.98. The van der Waals surface area contributed by atoms with Crippen LogP contribution in [0.25, 0.3) is 5.57 Å². The molecule has 1 atom stereocenters. The average Bonchev–Trinajstić information content (AvgIpc) is 2.45.